The fourth-order valence-corrected chi connectivity index (χ4v) is 8.01. The van der Waals surface area contributed by atoms with Crippen LogP contribution in [0.3, 0.4) is 0 Å². The molecule has 12 nitrogen and oxygen atoms in total. The molecule has 15 heteroatoms. The summed E-state index contributed by atoms with van der Waals surface area (Å²) in [6, 6.07) is 9.27. The maximum Gasteiger partial charge on any atom is 0.289 e. The van der Waals surface area contributed by atoms with Crippen molar-refractivity contribution in [2.75, 3.05) is 6.54 Å². The summed E-state index contributed by atoms with van der Waals surface area (Å²) in [5.74, 6) is -3.03. The zero-order valence-electron chi connectivity index (χ0n) is 26.9. The van der Waals surface area contributed by atoms with Gasteiger partial charge >= 0.3 is 0 Å². The molecule has 2 aliphatic carbocycles. The molecule has 1 spiro atoms. The molecule has 2 saturated carbocycles. The average Bonchev–Trinajstić information content (AvgIpc) is 3.64. The highest BCUT2D eigenvalue weighted by molar-refractivity contribution is 7.89. The van der Waals surface area contributed by atoms with E-state index in [-0.39, 0.29) is 36.2 Å². The molecule has 2 heterocycles. The van der Waals surface area contributed by atoms with Gasteiger partial charge in [-0.15, -0.1) is 0 Å². The minimum absolute atomic E-state index is 0.00423. The summed E-state index contributed by atoms with van der Waals surface area (Å²) in [4.78, 5) is 61.8. The van der Waals surface area contributed by atoms with Crippen molar-refractivity contribution >= 4 is 62.4 Å². The molecule has 4 N–H and O–H groups in total. The van der Waals surface area contributed by atoms with Crippen LogP contribution in [0.4, 0.5) is 0 Å². The standard InChI is InChI=1S/C34H39Cl2N5O7S/c1-2-5-26(30(42)32(44)37-24-12-13-24)38-31(43)28-18-34(17-27(39-48-34)21-8-4-9-23(36)16-21)19-41(28)33(45)29(20-6-3-7-20)40-49(46,47)25-14-10-22(35)11-15-25/h4,8-11,14-17,20,24,26,28-29,39-40H,2-3,5-7,12-13,18-19H2,1H3,(H,37,44)(H,38,43)/t26-,28-,29-,34+/m0/s1. The summed E-state index contributed by atoms with van der Waals surface area (Å²) >= 11 is 12.2. The molecule has 2 aromatic carbocycles. The van der Waals surface area contributed by atoms with Crippen molar-refractivity contribution < 1.29 is 32.4 Å². The molecule has 3 amide bonds. The van der Waals surface area contributed by atoms with Gasteiger partial charge in [0.25, 0.3) is 5.91 Å². The van der Waals surface area contributed by atoms with E-state index >= 15 is 0 Å². The van der Waals surface area contributed by atoms with Gasteiger partial charge in [0, 0.05) is 28.1 Å². The average molecular weight is 733 g/mol. The van der Waals surface area contributed by atoms with E-state index in [0.717, 1.165) is 24.8 Å². The van der Waals surface area contributed by atoms with Crippen LogP contribution in [0, 0.1) is 5.92 Å². The van der Waals surface area contributed by atoms with Crippen molar-refractivity contribution in [2.45, 2.75) is 93.0 Å². The van der Waals surface area contributed by atoms with Gasteiger partial charge in [0.15, 0.2) is 0 Å². The minimum Gasteiger partial charge on any atom is -0.347 e. The SMILES string of the molecule is CCC[C@H](NC(=O)[C@@H]1C[C@]2(C=C(c3cccc(Cl)c3)NO2)CN1C(=O)[C@@H](NS(=O)(=O)c1ccc(Cl)cc1)C1CCC1)C(=O)C(=O)NC1CC1. The number of hydrogen-bond acceptors (Lipinski definition) is 8. The van der Waals surface area contributed by atoms with Crippen molar-refractivity contribution in [2.24, 2.45) is 5.92 Å². The van der Waals surface area contributed by atoms with Gasteiger partial charge < -0.3 is 15.5 Å². The third-order valence-electron chi connectivity index (χ3n) is 9.49. The van der Waals surface area contributed by atoms with E-state index in [1.807, 2.05) is 13.0 Å². The van der Waals surface area contributed by atoms with Gasteiger partial charge in [0.2, 0.25) is 27.6 Å². The van der Waals surface area contributed by atoms with Crippen LogP contribution in [0.25, 0.3) is 5.70 Å². The fourth-order valence-electron chi connectivity index (χ4n) is 6.44. The molecule has 262 valence electrons. The van der Waals surface area contributed by atoms with Crippen molar-refractivity contribution in [3.8, 4) is 0 Å². The van der Waals surface area contributed by atoms with E-state index in [0.29, 0.717) is 35.0 Å². The smallest absolute Gasteiger partial charge is 0.289 e. The number of carbonyl (C=O) groups excluding carboxylic acids is 4. The lowest BCUT2D eigenvalue weighted by atomic mass is 9.79. The number of hydroxylamine groups is 1. The quantitative estimate of drug-likeness (QED) is 0.228. The van der Waals surface area contributed by atoms with Gasteiger partial charge in [0.1, 0.15) is 17.7 Å². The van der Waals surface area contributed by atoms with Gasteiger partial charge in [-0.1, -0.05) is 55.1 Å². The van der Waals surface area contributed by atoms with Crippen LogP contribution in [0.5, 0.6) is 0 Å². The molecule has 0 bridgehead atoms. The highest BCUT2D eigenvalue weighted by atomic mass is 35.5. The summed E-state index contributed by atoms with van der Waals surface area (Å²) in [6.07, 6.45) is 6.20. The number of sulfonamides is 1. The van der Waals surface area contributed by atoms with Gasteiger partial charge in [-0.2, -0.15) is 4.72 Å². The summed E-state index contributed by atoms with van der Waals surface area (Å²) < 4.78 is 29.6. The monoisotopic (exact) mass is 731 g/mol. The summed E-state index contributed by atoms with van der Waals surface area (Å²) in [5, 5.41) is 6.30. The van der Waals surface area contributed by atoms with Crippen LogP contribution in [0.2, 0.25) is 10.0 Å². The molecular weight excluding hydrogens is 693 g/mol. The Kier molecular flexibility index (Phi) is 10.4. The molecule has 4 atom stereocenters. The van der Waals surface area contributed by atoms with Crippen molar-refractivity contribution in [3.05, 3.63) is 70.2 Å². The van der Waals surface area contributed by atoms with Crippen LogP contribution in [0.1, 0.15) is 63.9 Å². The first kappa shape index (κ1) is 35.3. The summed E-state index contributed by atoms with van der Waals surface area (Å²) in [5.41, 5.74) is 3.07. The van der Waals surface area contributed by atoms with Crippen LogP contribution in [-0.4, -0.2) is 73.1 Å². The molecule has 49 heavy (non-hydrogen) atoms. The van der Waals surface area contributed by atoms with Gasteiger partial charge in [-0.3, -0.25) is 29.5 Å². The maximum absolute atomic E-state index is 14.5. The molecule has 6 rings (SSSR count). The Morgan fingerprint density at radius 3 is 2.41 bits per heavy atom. The summed E-state index contributed by atoms with van der Waals surface area (Å²) in [7, 11) is -4.15. The Balaban J connectivity index is 1.30. The molecule has 0 radical (unpaired) electrons. The predicted molar refractivity (Wildman–Crippen MR) is 182 cm³/mol. The molecule has 1 saturated heterocycles. The maximum atomic E-state index is 14.5. The van der Waals surface area contributed by atoms with E-state index in [9.17, 15) is 27.6 Å². The zero-order valence-corrected chi connectivity index (χ0v) is 29.2. The number of likely N-dealkylation sites (tertiary alicyclic amines) is 1. The molecule has 4 aliphatic rings. The Hall–Kier alpha value is -3.49. The molecule has 0 aromatic heterocycles. The van der Waals surface area contributed by atoms with Gasteiger partial charge in [-0.05, 0) is 80.5 Å². The van der Waals surface area contributed by atoms with E-state index in [1.54, 1.807) is 24.3 Å². The second-order valence-corrected chi connectivity index (χ2v) is 15.8. The number of ketones is 1. The van der Waals surface area contributed by atoms with Crippen molar-refractivity contribution in [1.29, 1.82) is 0 Å². The van der Waals surface area contributed by atoms with Crippen molar-refractivity contribution in [1.82, 2.24) is 25.7 Å². The van der Waals surface area contributed by atoms with Gasteiger partial charge in [0.05, 0.1) is 23.2 Å². The van der Waals surface area contributed by atoms with Crippen LogP contribution in [0.15, 0.2) is 59.5 Å². The number of nitrogens with zero attached hydrogens (tertiary/aromatic N) is 1. The second-order valence-electron chi connectivity index (χ2n) is 13.2. The predicted octanol–water partition coefficient (Wildman–Crippen LogP) is 3.49. The Bertz CT molecular complexity index is 1760. The number of amides is 3. The van der Waals surface area contributed by atoms with E-state index < -0.39 is 57.3 Å². The highest BCUT2D eigenvalue weighted by Gasteiger charge is 2.54. The lowest BCUT2D eigenvalue weighted by Gasteiger charge is -2.37. The third kappa shape index (κ3) is 7.96. The van der Waals surface area contributed by atoms with E-state index in [4.69, 9.17) is 28.0 Å². The van der Waals surface area contributed by atoms with Gasteiger partial charge in [-0.25, -0.2) is 8.42 Å². The third-order valence-corrected chi connectivity index (χ3v) is 11.4. The Morgan fingerprint density at radius 2 is 1.78 bits per heavy atom. The second kappa shape index (κ2) is 14.4. The Labute approximate surface area is 295 Å². The molecule has 0 unspecified atom stereocenters. The molecule has 3 fully saturated rings. The van der Waals surface area contributed by atoms with E-state index in [2.05, 4.69) is 20.8 Å². The highest BCUT2D eigenvalue weighted by Crippen LogP contribution is 2.40. The topological polar surface area (TPSA) is 163 Å². The number of nitrogens with one attached hydrogen (secondary N) is 4. The first-order valence-electron chi connectivity index (χ1n) is 16.5. The van der Waals surface area contributed by atoms with Crippen LogP contribution in [-0.2, 0) is 34.0 Å². The number of Topliss-reactive ketones (excluding diaryl/α,β-unsaturated/α-hetero) is 1. The summed E-state index contributed by atoms with van der Waals surface area (Å²) in [6.45, 7) is 1.75. The van der Waals surface area contributed by atoms with E-state index in [1.165, 1.54) is 29.2 Å². The fraction of sp³-hybridized carbons (Fsp3) is 0.471. The van der Waals surface area contributed by atoms with Crippen LogP contribution < -0.4 is 20.8 Å². The number of carbonyl (C=O) groups is 4. The zero-order chi connectivity index (χ0) is 34.9. The molecule has 2 aromatic rings. The molecule has 2 aliphatic heterocycles. The van der Waals surface area contributed by atoms with Crippen molar-refractivity contribution in [3.63, 3.8) is 0 Å². The molecular formula is C34H39Cl2N5O7S. The number of halogens is 2. The number of hydrogen-bond donors (Lipinski definition) is 4. The normalized spacial score (nSPS) is 23.3. The number of rotatable bonds is 13. The lowest BCUT2D eigenvalue weighted by molar-refractivity contribution is -0.143. The lowest BCUT2D eigenvalue weighted by Crippen LogP contribution is -2.58. The number of benzene rings is 2. The largest absolute Gasteiger partial charge is 0.347 e. The Morgan fingerprint density at radius 1 is 1.04 bits per heavy atom. The van der Waals surface area contributed by atoms with Crippen LogP contribution >= 0.6 is 23.2 Å². The first-order chi connectivity index (χ1) is 23.4. The first-order valence-corrected chi connectivity index (χ1v) is 18.8. The minimum atomic E-state index is -4.15.